The lowest BCUT2D eigenvalue weighted by Gasteiger charge is -2.19. The molecule has 0 radical (unpaired) electrons. The highest BCUT2D eigenvalue weighted by atomic mass is 16.5. The van der Waals surface area contributed by atoms with Gasteiger partial charge in [0.05, 0.1) is 5.92 Å². The van der Waals surface area contributed by atoms with Crippen molar-refractivity contribution in [1.82, 2.24) is 5.32 Å². The molecule has 0 spiro atoms. The van der Waals surface area contributed by atoms with Gasteiger partial charge in [0.1, 0.15) is 12.6 Å². The number of esters is 1. The van der Waals surface area contributed by atoms with Gasteiger partial charge in [0.15, 0.2) is 0 Å². The lowest BCUT2D eigenvalue weighted by molar-refractivity contribution is -0.148. The highest BCUT2D eigenvalue weighted by molar-refractivity contribution is 5.97. The minimum Gasteiger partial charge on any atom is -0.461 e. The van der Waals surface area contributed by atoms with Crippen LogP contribution in [0.25, 0.3) is 0 Å². The highest BCUT2D eigenvalue weighted by Crippen LogP contribution is 2.13. The lowest BCUT2D eigenvalue weighted by atomic mass is 10.1. The Bertz CT molecular complexity index is 642. The molecule has 1 unspecified atom stereocenters. The van der Waals surface area contributed by atoms with Gasteiger partial charge in [0, 0.05) is 12.1 Å². The summed E-state index contributed by atoms with van der Waals surface area (Å²) in [5.41, 5.74) is 6.99. The third-order valence-corrected chi connectivity index (χ3v) is 4.02. The van der Waals surface area contributed by atoms with Crippen LogP contribution >= 0.6 is 0 Å². The fourth-order valence-electron chi connectivity index (χ4n) is 2.45. The van der Waals surface area contributed by atoms with Crippen molar-refractivity contribution in [2.45, 2.75) is 59.6 Å². The van der Waals surface area contributed by atoms with Crippen LogP contribution in [0.2, 0.25) is 0 Å². The second-order valence-electron chi connectivity index (χ2n) is 7.60. The fraction of sp³-hybridized carbons (Fsp3) is 0.571. The first-order chi connectivity index (χ1) is 13.2. The van der Waals surface area contributed by atoms with Gasteiger partial charge in [-0.3, -0.25) is 14.4 Å². The van der Waals surface area contributed by atoms with Crippen LogP contribution in [0.1, 0.15) is 52.5 Å². The number of hydrogen-bond donors (Lipinski definition) is 3. The molecule has 0 fully saturated rings. The molecular formula is C21H33N3O4. The third kappa shape index (κ3) is 8.99. The SMILES string of the molecule is CC(C)CC(=O)NC(CCCN)C(=O)Nc1ccc(COC(=O)C(C)C)cc1. The number of anilines is 1. The molecular weight excluding hydrogens is 358 g/mol. The van der Waals surface area contributed by atoms with Gasteiger partial charge in [-0.05, 0) is 43.0 Å². The van der Waals surface area contributed by atoms with E-state index in [1.165, 1.54) is 0 Å². The minimum atomic E-state index is -0.624. The molecule has 7 heteroatoms. The van der Waals surface area contributed by atoms with E-state index in [1.807, 2.05) is 13.8 Å². The molecule has 0 heterocycles. The minimum absolute atomic E-state index is 0.144. The Morgan fingerprint density at radius 2 is 1.71 bits per heavy atom. The number of carbonyl (C=O) groups is 3. The first-order valence-electron chi connectivity index (χ1n) is 9.78. The number of amides is 2. The van der Waals surface area contributed by atoms with Crippen molar-refractivity contribution in [3.05, 3.63) is 29.8 Å². The molecule has 0 aliphatic rings. The number of carbonyl (C=O) groups excluding carboxylic acids is 3. The Balaban J connectivity index is 2.65. The van der Waals surface area contributed by atoms with E-state index >= 15 is 0 Å². The molecule has 28 heavy (non-hydrogen) atoms. The van der Waals surface area contributed by atoms with E-state index in [9.17, 15) is 14.4 Å². The molecule has 1 atom stereocenters. The number of nitrogens with two attached hydrogens (primary N) is 1. The summed E-state index contributed by atoms with van der Waals surface area (Å²) in [5, 5.41) is 5.61. The normalized spacial score (nSPS) is 12.0. The van der Waals surface area contributed by atoms with Gasteiger partial charge < -0.3 is 21.1 Å². The van der Waals surface area contributed by atoms with Crippen molar-refractivity contribution in [1.29, 1.82) is 0 Å². The molecule has 0 aliphatic carbocycles. The molecule has 0 bridgehead atoms. The van der Waals surface area contributed by atoms with Gasteiger partial charge in [-0.1, -0.05) is 39.8 Å². The maximum atomic E-state index is 12.6. The van der Waals surface area contributed by atoms with Gasteiger partial charge in [0.25, 0.3) is 0 Å². The number of nitrogens with one attached hydrogen (secondary N) is 2. The Kier molecular flexibility index (Phi) is 10.2. The van der Waals surface area contributed by atoms with Crippen LogP contribution in [0.4, 0.5) is 5.69 Å². The van der Waals surface area contributed by atoms with Crippen molar-refractivity contribution < 1.29 is 19.1 Å². The molecule has 4 N–H and O–H groups in total. The first kappa shape index (κ1) is 23.6. The van der Waals surface area contributed by atoms with E-state index in [0.29, 0.717) is 31.5 Å². The van der Waals surface area contributed by atoms with Crippen molar-refractivity contribution in [3.8, 4) is 0 Å². The highest BCUT2D eigenvalue weighted by Gasteiger charge is 2.21. The topological polar surface area (TPSA) is 111 Å². The monoisotopic (exact) mass is 391 g/mol. The van der Waals surface area contributed by atoms with Gasteiger partial charge in [-0.25, -0.2) is 0 Å². The van der Waals surface area contributed by atoms with E-state index in [-0.39, 0.29) is 36.2 Å². The quantitative estimate of drug-likeness (QED) is 0.502. The van der Waals surface area contributed by atoms with Gasteiger partial charge in [-0.2, -0.15) is 0 Å². The predicted molar refractivity (Wildman–Crippen MR) is 109 cm³/mol. The average molecular weight is 392 g/mol. The van der Waals surface area contributed by atoms with E-state index in [0.717, 1.165) is 5.56 Å². The Hall–Kier alpha value is -2.41. The summed E-state index contributed by atoms with van der Waals surface area (Å²) in [6, 6.07) is 6.44. The van der Waals surface area contributed by atoms with E-state index < -0.39 is 6.04 Å². The molecule has 156 valence electrons. The zero-order chi connectivity index (χ0) is 21.1. The maximum Gasteiger partial charge on any atom is 0.308 e. The molecule has 0 aliphatic heterocycles. The zero-order valence-electron chi connectivity index (χ0n) is 17.3. The average Bonchev–Trinajstić information content (AvgIpc) is 2.63. The Morgan fingerprint density at radius 1 is 1.07 bits per heavy atom. The van der Waals surface area contributed by atoms with Crippen LogP contribution in [0.3, 0.4) is 0 Å². The third-order valence-electron chi connectivity index (χ3n) is 4.02. The molecule has 1 aromatic rings. The summed E-state index contributed by atoms with van der Waals surface area (Å²) >= 11 is 0. The standard InChI is InChI=1S/C21H33N3O4/c1-14(2)12-19(25)24-18(6-5-11-22)20(26)23-17-9-7-16(8-10-17)13-28-21(27)15(3)4/h7-10,14-15,18H,5-6,11-13,22H2,1-4H3,(H,23,26)(H,24,25). The van der Waals surface area contributed by atoms with Crippen LogP contribution < -0.4 is 16.4 Å². The van der Waals surface area contributed by atoms with E-state index in [4.69, 9.17) is 10.5 Å². The van der Waals surface area contributed by atoms with Crippen LogP contribution in [0.15, 0.2) is 24.3 Å². The van der Waals surface area contributed by atoms with Crippen LogP contribution in [-0.2, 0) is 25.7 Å². The summed E-state index contributed by atoms with van der Waals surface area (Å²) in [6.07, 6.45) is 1.49. The lowest BCUT2D eigenvalue weighted by Crippen LogP contribution is -2.44. The van der Waals surface area contributed by atoms with Crippen LogP contribution in [0.5, 0.6) is 0 Å². The largest absolute Gasteiger partial charge is 0.461 e. The number of rotatable bonds is 11. The fourth-order valence-corrected chi connectivity index (χ4v) is 2.45. The predicted octanol–water partition coefficient (Wildman–Crippen LogP) is 2.59. The number of hydrogen-bond acceptors (Lipinski definition) is 5. The summed E-state index contributed by atoms with van der Waals surface area (Å²) < 4.78 is 5.18. The first-order valence-corrected chi connectivity index (χ1v) is 9.78. The van der Waals surface area contributed by atoms with Gasteiger partial charge in [-0.15, -0.1) is 0 Å². The van der Waals surface area contributed by atoms with Crippen molar-refractivity contribution in [3.63, 3.8) is 0 Å². The molecule has 1 rings (SSSR count). The summed E-state index contributed by atoms with van der Waals surface area (Å²) in [6.45, 7) is 8.11. The maximum absolute atomic E-state index is 12.6. The molecule has 0 saturated carbocycles. The molecule has 1 aromatic carbocycles. The van der Waals surface area contributed by atoms with Gasteiger partial charge >= 0.3 is 5.97 Å². The van der Waals surface area contributed by atoms with Crippen molar-refractivity contribution >= 4 is 23.5 Å². The van der Waals surface area contributed by atoms with E-state index in [2.05, 4.69) is 10.6 Å². The molecule has 0 aromatic heterocycles. The molecule has 0 saturated heterocycles. The number of ether oxygens (including phenoxy) is 1. The smallest absolute Gasteiger partial charge is 0.308 e. The molecule has 2 amide bonds. The van der Waals surface area contributed by atoms with E-state index in [1.54, 1.807) is 38.1 Å². The summed E-state index contributed by atoms with van der Waals surface area (Å²) in [5.74, 6) is -0.623. The van der Waals surface area contributed by atoms with Crippen LogP contribution in [0, 0.1) is 11.8 Å². The zero-order valence-corrected chi connectivity index (χ0v) is 17.3. The summed E-state index contributed by atoms with van der Waals surface area (Å²) in [7, 11) is 0. The second kappa shape index (κ2) is 12.1. The second-order valence-corrected chi connectivity index (χ2v) is 7.60. The van der Waals surface area contributed by atoms with Crippen molar-refractivity contribution in [2.24, 2.45) is 17.6 Å². The summed E-state index contributed by atoms with van der Waals surface area (Å²) in [4.78, 5) is 36.1. The number of benzene rings is 1. The van der Waals surface area contributed by atoms with Gasteiger partial charge in [0.2, 0.25) is 11.8 Å². The molecule has 7 nitrogen and oxygen atoms in total. The Labute approximate surface area is 167 Å². The van der Waals surface area contributed by atoms with Crippen LogP contribution in [-0.4, -0.2) is 30.4 Å². The Morgan fingerprint density at radius 3 is 2.25 bits per heavy atom. The van der Waals surface area contributed by atoms with Crippen molar-refractivity contribution in [2.75, 3.05) is 11.9 Å².